The lowest BCUT2D eigenvalue weighted by molar-refractivity contribution is -0.132. The molecule has 37 heavy (non-hydrogen) atoms. The highest BCUT2D eigenvalue weighted by molar-refractivity contribution is 5.96. The summed E-state index contributed by atoms with van der Waals surface area (Å²) in [6.45, 7) is 6.65. The number of nitrogens with zero attached hydrogens (tertiary/aromatic N) is 3. The van der Waals surface area contributed by atoms with Gasteiger partial charge in [-0.1, -0.05) is 12.1 Å². The second-order valence-corrected chi connectivity index (χ2v) is 9.93. The van der Waals surface area contributed by atoms with Gasteiger partial charge >= 0.3 is 0 Å². The minimum atomic E-state index is -0.0428. The first-order valence-corrected chi connectivity index (χ1v) is 12.8. The number of aryl methyl sites for hydroxylation is 4. The zero-order valence-corrected chi connectivity index (χ0v) is 21.7. The second kappa shape index (κ2) is 10.3. The lowest BCUT2D eigenvalue weighted by Crippen LogP contribution is -2.37. The summed E-state index contributed by atoms with van der Waals surface area (Å²) in [6.07, 6.45) is 3.79. The molecule has 0 unspecified atom stereocenters. The number of ketones is 1. The molecular formula is C29H33N3O5. The monoisotopic (exact) mass is 503 g/mol. The quantitative estimate of drug-likeness (QED) is 0.544. The third kappa shape index (κ3) is 5.19. The molecule has 3 heterocycles. The van der Waals surface area contributed by atoms with Crippen LogP contribution in [0.4, 0.5) is 0 Å². The van der Waals surface area contributed by atoms with Crippen molar-refractivity contribution in [3.63, 3.8) is 0 Å². The Hall–Kier alpha value is -3.81. The topological polar surface area (TPSA) is 93.9 Å². The molecule has 8 nitrogen and oxygen atoms in total. The summed E-state index contributed by atoms with van der Waals surface area (Å²) in [6, 6.07) is 9.82. The highest BCUT2D eigenvalue weighted by atomic mass is 16.7. The number of benzene rings is 2. The molecule has 1 N–H and O–H groups in total. The molecule has 194 valence electrons. The molecule has 0 saturated heterocycles. The van der Waals surface area contributed by atoms with E-state index in [9.17, 15) is 14.7 Å². The van der Waals surface area contributed by atoms with Crippen molar-refractivity contribution in [3.8, 4) is 17.2 Å². The van der Waals surface area contributed by atoms with Gasteiger partial charge in [-0.3, -0.25) is 14.3 Å². The maximum atomic E-state index is 13.5. The van der Waals surface area contributed by atoms with Crippen molar-refractivity contribution in [1.29, 1.82) is 0 Å². The lowest BCUT2D eigenvalue weighted by Gasteiger charge is -2.23. The van der Waals surface area contributed by atoms with Gasteiger partial charge in [0.1, 0.15) is 12.3 Å². The number of fused-ring (bicyclic) bond motifs is 4. The van der Waals surface area contributed by atoms with Gasteiger partial charge in [-0.05, 0) is 93.3 Å². The van der Waals surface area contributed by atoms with Crippen molar-refractivity contribution in [2.75, 3.05) is 19.9 Å². The predicted molar refractivity (Wildman–Crippen MR) is 138 cm³/mol. The van der Waals surface area contributed by atoms with E-state index in [1.54, 1.807) is 17.7 Å². The standard InChI is InChI=1S/C29H33N3O5/c1-18-29(20(3)33)19(2)32(30-18)16-28(35)31-11-4-5-22-14-26-27(37-17-36-26)15-23(22)7-8-24-13-21(10-12-31)6-9-25(24)34/h6,9,13-15,34H,4-5,7-8,10-12,16-17H2,1-3H3. The molecule has 2 aliphatic rings. The van der Waals surface area contributed by atoms with Crippen molar-refractivity contribution in [2.24, 2.45) is 0 Å². The van der Waals surface area contributed by atoms with Crippen LogP contribution >= 0.6 is 0 Å². The Kier molecular flexibility index (Phi) is 6.91. The van der Waals surface area contributed by atoms with Crippen LogP contribution < -0.4 is 9.47 Å². The summed E-state index contributed by atoms with van der Waals surface area (Å²) in [7, 11) is 0. The normalized spacial score (nSPS) is 15.4. The Labute approximate surface area is 216 Å². The number of amides is 1. The number of rotatable bonds is 3. The number of aromatic hydroxyl groups is 1. The Morgan fingerprint density at radius 2 is 1.65 bits per heavy atom. The number of phenols is 1. The van der Waals surface area contributed by atoms with E-state index in [-0.39, 0.29) is 25.0 Å². The van der Waals surface area contributed by atoms with Crippen LogP contribution in [0.5, 0.6) is 17.2 Å². The van der Waals surface area contributed by atoms with Crippen molar-refractivity contribution in [2.45, 2.75) is 59.4 Å². The molecule has 0 aliphatic carbocycles. The van der Waals surface area contributed by atoms with Gasteiger partial charge in [0.2, 0.25) is 12.7 Å². The Morgan fingerprint density at radius 3 is 2.35 bits per heavy atom. The molecule has 5 rings (SSSR count). The fourth-order valence-electron chi connectivity index (χ4n) is 5.43. The van der Waals surface area contributed by atoms with Gasteiger partial charge in [0.25, 0.3) is 0 Å². The van der Waals surface area contributed by atoms with E-state index in [4.69, 9.17) is 9.47 Å². The van der Waals surface area contributed by atoms with Crippen LogP contribution in [-0.4, -0.2) is 51.4 Å². The van der Waals surface area contributed by atoms with Crippen molar-refractivity contribution >= 4 is 11.7 Å². The van der Waals surface area contributed by atoms with Gasteiger partial charge in [0, 0.05) is 18.8 Å². The number of hydrogen-bond donors (Lipinski definition) is 1. The average molecular weight is 504 g/mol. The molecule has 1 amide bonds. The molecule has 3 aromatic rings. The smallest absolute Gasteiger partial charge is 0.244 e. The van der Waals surface area contributed by atoms with Gasteiger partial charge in [-0.15, -0.1) is 0 Å². The van der Waals surface area contributed by atoms with E-state index in [1.807, 2.05) is 24.0 Å². The van der Waals surface area contributed by atoms with Gasteiger partial charge in [0.05, 0.1) is 11.3 Å². The van der Waals surface area contributed by atoms with E-state index in [0.29, 0.717) is 42.9 Å². The largest absolute Gasteiger partial charge is 0.508 e. The summed E-state index contributed by atoms with van der Waals surface area (Å²) in [5, 5.41) is 15.0. The van der Waals surface area contributed by atoms with E-state index in [2.05, 4.69) is 17.2 Å². The Bertz CT molecular complexity index is 1360. The Morgan fingerprint density at radius 1 is 0.946 bits per heavy atom. The highest BCUT2D eigenvalue weighted by Crippen LogP contribution is 2.36. The number of carbonyl (C=O) groups excluding carboxylic acids is 2. The molecule has 2 aromatic carbocycles. The molecule has 2 bridgehead atoms. The van der Waals surface area contributed by atoms with Crippen LogP contribution in [0.1, 0.15) is 57.3 Å². The number of aromatic nitrogens is 2. The van der Waals surface area contributed by atoms with Crippen molar-refractivity contribution in [1.82, 2.24) is 14.7 Å². The fraction of sp³-hybridized carbons (Fsp3) is 0.414. The van der Waals surface area contributed by atoms with E-state index in [1.165, 1.54) is 18.1 Å². The average Bonchev–Trinajstić information content (AvgIpc) is 3.43. The van der Waals surface area contributed by atoms with Crippen LogP contribution in [0.15, 0.2) is 30.3 Å². The maximum Gasteiger partial charge on any atom is 0.244 e. The van der Waals surface area contributed by atoms with Gasteiger partial charge in [0.15, 0.2) is 17.3 Å². The first kappa shape index (κ1) is 24.9. The lowest BCUT2D eigenvalue weighted by atomic mass is 9.95. The van der Waals surface area contributed by atoms with Crippen LogP contribution in [0, 0.1) is 13.8 Å². The number of hydrogen-bond acceptors (Lipinski definition) is 6. The molecule has 2 aliphatic heterocycles. The Balaban J connectivity index is 1.42. The van der Waals surface area contributed by atoms with Crippen LogP contribution in [0.2, 0.25) is 0 Å². The molecule has 0 spiro atoms. The summed E-state index contributed by atoms with van der Waals surface area (Å²) < 4.78 is 12.9. The number of Topliss-reactive ketones (excluding diaryl/α,β-unsaturated/α-hetero) is 1. The van der Waals surface area contributed by atoms with E-state index >= 15 is 0 Å². The number of ether oxygens (including phenoxy) is 2. The first-order chi connectivity index (χ1) is 17.8. The molecular weight excluding hydrogens is 470 g/mol. The molecule has 0 atom stereocenters. The SMILES string of the molecule is CC(=O)c1c(C)nn(CC(=O)N2CCCc3cc4c(cc3CCc3cc(ccc3O)CC2)OCO4)c1C. The van der Waals surface area contributed by atoms with Crippen LogP contribution in [-0.2, 0) is 37.0 Å². The van der Waals surface area contributed by atoms with E-state index in [0.717, 1.165) is 47.6 Å². The van der Waals surface area contributed by atoms with Gasteiger partial charge in [-0.2, -0.15) is 5.10 Å². The van der Waals surface area contributed by atoms with Crippen molar-refractivity contribution in [3.05, 3.63) is 69.5 Å². The predicted octanol–water partition coefficient (Wildman–Crippen LogP) is 3.94. The van der Waals surface area contributed by atoms with E-state index < -0.39 is 0 Å². The van der Waals surface area contributed by atoms with Crippen molar-refractivity contribution < 1.29 is 24.2 Å². The molecule has 1 aromatic heterocycles. The summed E-state index contributed by atoms with van der Waals surface area (Å²) in [4.78, 5) is 27.4. The zero-order chi connectivity index (χ0) is 26.1. The van der Waals surface area contributed by atoms with Gasteiger partial charge < -0.3 is 19.5 Å². The third-order valence-electron chi connectivity index (χ3n) is 7.42. The minimum Gasteiger partial charge on any atom is -0.508 e. The first-order valence-electron chi connectivity index (χ1n) is 12.8. The summed E-state index contributed by atoms with van der Waals surface area (Å²) in [5.41, 5.74) is 6.29. The molecule has 8 heteroatoms. The summed E-state index contributed by atoms with van der Waals surface area (Å²) >= 11 is 0. The third-order valence-corrected chi connectivity index (χ3v) is 7.42. The number of phenolic OH excluding ortho intramolecular Hbond substituents is 1. The minimum absolute atomic E-state index is 0.0273. The number of carbonyl (C=O) groups is 2. The highest BCUT2D eigenvalue weighted by Gasteiger charge is 2.22. The molecule has 0 radical (unpaired) electrons. The van der Waals surface area contributed by atoms with Crippen LogP contribution in [0.25, 0.3) is 0 Å². The zero-order valence-electron chi connectivity index (χ0n) is 21.7. The second-order valence-electron chi connectivity index (χ2n) is 9.93. The summed E-state index contributed by atoms with van der Waals surface area (Å²) in [5.74, 6) is 1.73. The van der Waals surface area contributed by atoms with Gasteiger partial charge in [-0.25, -0.2) is 0 Å². The van der Waals surface area contributed by atoms with Crippen LogP contribution in [0.3, 0.4) is 0 Å². The maximum absolute atomic E-state index is 13.5. The molecule has 0 fully saturated rings. The fourth-order valence-corrected chi connectivity index (χ4v) is 5.43. The molecule has 0 saturated carbocycles.